The molecule has 0 aliphatic rings. The van der Waals surface area contributed by atoms with Gasteiger partial charge in [0.1, 0.15) is 0 Å². The van der Waals surface area contributed by atoms with Crippen molar-refractivity contribution in [2.45, 2.75) is 52.4 Å². The standard InChI is InChI=1S/C13H23NO2Si/c1-11(15)14-9-7-8-12(14)10-16-17(5,6)13(2,3)4/h7-9H,10H2,1-6H3. The highest BCUT2D eigenvalue weighted by atomic mass is 28.4. The van der Waals surface area contributed by atoms with Crippen LogP contribution in [0.15, 0.2) is 18.3 Å². The predicted octanol–water partition coefficient (Wildman–Crippen LogP) is 3.67. The van der Waals surface area contributed by atoms with Crippen molar-refractivity contribution in [3.05, 3.63) is 24.0 Å². The zero-order valence-corrected chi connectivity index (χ0v) is 12.7. The summed E-state index contributed by atoms with van der Waals surface area (Å²) in [4.78, 5) is 11.4. The Morgan fingerprint density at radius 2 is 2.00 bits per heavy atom. The predicted molar refractivity (Wildman–Crippen MR) is 72.7 cm³/mol. The van der Waals surface area contributed by atoms with Crippen LogP contribution in [-0.4, -0.2) is 18.8 Å². The molecule has 4 heteroatoms. The van der Waals surface area contributed by atoms with Crippen LogP contribution in [-0.2, 0) is 11.0 Å². The molecule has 0 radical (unpaired) electrons. The average Bonchev–Trinajstić information content (AvgIpc) is 2.60. The molecule has 0 saturated heterocycles. The van der Waals surface area contributed by atoms with Gasteiger partial charge < -0.3 is 4.43 Å². The van der Waals surface area contributed by atoms with Crippen molar-refractivity contribution in [1.29, 1.82) is 0 Å². The molecule has 1 rings (SSSR count). The first-order chi connectivity index (χ1) is 7.65. The quantitative estimate of drug-likeness (QED) is 0.770. The molecule has 1 aromatic rings. The molecule has 0 aromatic carbocycles. The summed E-state index contributed by atoms with van der Waals surface area (Å²) in [6.07, 6.45) is 1.78. The summed E-state index contributed by atoms with van der Waals surface area (Å²) >= 11 is 0. The monoisotopic (exact) mass is 253 g/mol. The molecule has 1 heterocycles. The Balaban J connectivity index is 2.74. The molecule has 17 heavy (non-hydrogen) atoms. The highest BCUT2D eigenvalue weighted by Gasteiger charge is 2.37. The highest BCUT2D eigenvalue weighted by Crippen LogP contribution is 2.37. The minimum absolute atomic E-state index is 0.0313. The SMILES string of the molecule is CC(=O)n1cccc1CO[Si](C)(C)C(C)(C)C. The normalized spacial score (nSPS) is 12.8. The number of hydrogen-bond donors (Lipinski definition) is 0. The maximum absolute atomic E-state index is 11.4. The molecule has 0 saturated carbocycles. The Morgan fingerprint density at radius 1 is 1.41 bits per heavy atom. The third-order valence-electron chi connectivity index (χ3n) is 3.56. The third kappa shape index (κ3) is 3.29. The van der Waals surface area contributed by atoms with E-state index in [0.29, 0.717) is 6.61 Å². The molecule has 96 valence electrons. The van der Waals surface area contributed by atoms with Crippen molar-refractivity contribution in [2.75, 3.05) is 0 Å². The number of nitrogens with zero attached hydrogens (tertiary/aromatic N) is 1. The van der Waals surface area contributed by atoms with Crippen molar-refractivity contribution < 1.29 is 9.22 Å². The van der Waals surface area contributed by atoms with Crippen LogP contribution < -0.4 is 0 Å². The van der Waals surface area contributed by atoms with Gasteiger partial charge >= 0.3 is 0 Å². The van der Waals surface area contributed by atoms with E-state index < -0.39 is 8.32 Å². The summed E-state index contributed by atoms with van der Waals surface area (Å²) in [7, 11) is -1.74. The fraction of sp³-hybridized carbons (Fsp3) is 0.615. The van der Waals surface area contributed by atoms with Gasteiger partial charge in [-0.1, -0.05) is 20.8 Å². The first-order valence-corrected chi connectivity index (χ1v) is 8.87. The van der Waals surface area contributed by atoms with Crippen LogP contribution in [0.1, 0.15) is 38.2 Å². The van der Waals surface area contributed by atoms with Gasteiger partial charge in [0.15, 0.2) is 8.32 Å². The van der Waals surface area contributed by atoms with Gasteiger partial charge in [0.05, 0.1) is 6.61 Å². The average molecular weight is 253 g/mol. The van der Waals surface area contributed by atoms with Gasteiger partial charge in [-0.25, -0.2) is 0 Å². The Kier molecular flexibility index (Phi) is 3.99. The molecule has 0 aliphatic heterocycles. The van der Waals surface area contributed by atoms with Crippen LogP contribution in [0.25, 0.3) is 0 Å². The van der Waals surface area contributed by atoms with Crippen molar-refractivity contribution in [3.63, 3.8) is 0 Å². The van der Waals surface area contributed by atoms with Crippen molar-refractivity contribution in [2.24, 2.45) is 0 Å². The molecule has 0 fully saturated rings. The van der Waals surface area contributed by atoms with Crippen molar-refractivity contribution in [1.82, 2.24) is 4.57 Å². The lowest BCUT2D eigenvalue weighted by Gasteiger charge is -2.36. The van der Waals surface area contributed by atoms with Crippen LogP contribution in [0, 0.1) is 0 Å². The molecule has 0 aliphatic carbocycles. The summed E-state index contributed by atoms with van der Waals surface area (Å²) in [5.41, 5.74) is 0.933. The second kappa shape index (κ2) is 4.78. The lowest BCUT2D eigenvalue weighted by molar-refractivity contribution is 0.0928. The van der Waals surface area contributed by atoms with E-state index in [-0.39, 0.29) is 10.9 Å². The number of aromatic nitrogens is 1. The number of carbonyl (C=O) groups excluding carboxylic acids is 1. The fourth-order valence-corrected chi connectivity index (χ4v) is 2.25. The molecule has 0 N–H and O–H groups in total. The first-order valence-electron chi connectivity index (χ1n) is 5.96. The molecule has 1 aromatic heterocycles. The van der Waals surface area contributed by atoms with E-state index in [1.807, 2.05) is 12.1 Å². The van der Waals surface area contributed by atoms with Crippen molar-refractivity contribution in [3.8, 4) is 0 Å². The largest absolute Gasteiger partial charge is 0.411 e. The summed E-state index contributed by atoms with van der Waals surface area (Å²) in [5.74, 6) is 0.0313. The van der Waals surface area contributed by atoms with Crippen molar-refractivity contribution >= 4 is 14.2 Å². The Labute approximate surface area is 105 Å². The number of rotatable bonds is 3. The Bertz CT molecular complexity index is 402. The van der Waals surface area contributed by atoms with Gasteiger partial charge in [-0.05, 0) is 30.3 Å². The van der Waals surface area contributed by atoms with Gasteiger partial charge in [-0.2, -0.15) is 0 Å². The van der Waals surface area contributed by atoms with Gasteiger partial charge in [0.25, 0.3) is 0 Å². The smallest absolute Gasteiger partial charge is 0.227 e. The van der Waals surface area contributed by atoms with E-state index in [4.69, 9.17) is 4.43 Å². The molecule has 3 nitrogen and oxygen atoms in total. The molecule has 0 unspecified atom stereocenters. The molecule has 0 bridgehead atoms. The van der Waals surface area contributed by atoms with E-state index in [1.54, 1.807) is 17.7 Å². The topological polar surface area (TPSA) is 31.2 Å². The summed E-state index contributed by atoms with van der Waals surface area (Å²) in [6.45, 7) is 13.1. The van der Waals surface area contributed by atoms with Gasteiger partial charge in [0.2, 0.25) is 5.91 Å². The number of hydrogen-bond acceptors (Lipinski definition) is 2. The Hall–Kier alpha value is -0.873. The lowest BCUT2D eigenvalue weighted by Crippen LogP contribution is -2.40. The highest BCUT2D eigenvalue weighted by molar-refractivity contribution is 6.74. The zero-order chi connectivity index (χ0) is 13.3. The summed E-state index contributed by atoms with van der Waals surface area (Å²) in [5, 5.41) is 0.195. The molecular formula is C13H23NO2Si. The minimum Gasteiger partial charge on any atom is -0.411 e. The lowest BCUT2D eigenvalue weighted by atomic mass is 10.2. The maximum atomic E-state index is 11.4. The maximum Gasteiger partial charge on any atom is 0.227 e. The Morgan fingerprint density at radius 3 is 2.47 bits per heavy atom. The van der Waals surface area contributed by atoms with Crippen LogP contribution in [0.2, 0.25) is 18.1 Å². The summed E-state index contributed by atoms with van der Waals surface area (Å²) in [6, 6.07) is 3.82. The number of carbonyl (C=O) groups is 1. The first kappa shape index (κ1) is 14.2. The van der Waals surface area contributed by atoms with Gasteiger partial charge in [-0.3, -0.25) is 9.36 Å². The third-order valence-corrected chi connectivity index (χ3v) is 8.04. The van der Waals surface area contributed by atoms with E-state index in [2.05, 4.69) is 33.9 Å². The molecule has 0 amide bonds. The van der Waals surface area contributed by atoms with Gasteiger partial charge in [-0.15, -0.1) is 0 Å². The fourth-order valence-electron chi connectivity index (χ4n) is 1.31. The molecule has 0 atom stereocenters. The van der Waals surface area contributed by atoms with E-state index in [0.717, 1.165) is 5.69 Å². The van der Waals surface area contributed by atoms with E-state index in [1.165, 1.54) is 0 Å². The van der Waals surface area contributed by atoms with Gasteiger partial charge in [0, 0.05) is 18.8 Å². The second-order valence-corrected chi connectivity index (χ2v) is 10.7. The van der Waals surface area contributed by atoms with Crippen LogP contribution in [0.3, 0.4) is 0 Å². The molecular weight excluding hydrogens is 230 g/mol. The van der Waals surface area contributed by atoms with Crippen LogP contribution in [0.5, 0.6) is 0 Å². The zero-order valence-electron chi connectivity index (χ0n) is 11.7. The second-order valence-electron chi connectivity index (χ2n) is 5.94. The minimum atomic E-state index is -1.74. The van der Waals surface area contributed by atoms with Crippen LogP contribution >= 0.6 is 0 Å². The van der Waals surface area contributed by atoms with Crippen LogP contribution in [0.4, 0.5) is 0 Å². The molecule has 0 spiro atoms. The van der Waals surface area contributed by atoms with E-state index in [9.17, 15) is 4.79 Å². The van der Waals surface area contributed by atoms with E-state index >= 15 is 0 Å². The summed E-state index contributed by atoms with van der Waals surface area (Å²) < 4.78 is 7.74.